The summed E-state index contributed by atoms with van der Waals surface area (Å²) in [6.07, 6.45) is -4.18. The summed E-state index contributed by atoms with van der Waals surface area (Å²) in [5.41, 5.74) is 3.69. The molecule has 0 spiro atoms. The van der Waals surface area contributed by atoms with Gasteiger partial charge in [-0.15, -0.1) is 11.8 Å². The summed E-state index contributed by atoms with van der Waals surface area (Å²) < 4.78 is 37.4. The summed E-state index contributed by atoms with van der Waals surface area (Å²) in [6.45, 7) is 3.95. The van der Waals surface area contributed by atoms with Crippen LogP contribution < -0.4 is 16.0 Å². The fourth-order valence-corrected chi connectivity index (χ4v) is 6.38. The summed E-state index contributed by atoms with van der Waals surface area (Å²) in [6, 6.07) is 17.2. The van der Waals surface area contributed by atoms with Gasteiger partial charge in [-0.1, -0.05) is 35.9 Å². The minimum atomic E-state index is -4.58. The molecule has 1 aliphatic rings. The molecular weight excluding hydrogens is 581 g/mol. The average Bonchev–Trinajstić information content (AvgIpc) is 3.23. The number of hydrogen-bond donors (Lipinski definition) is 3. The predicted molar refractivity (Wildman–Crippen MR) is 161 cm³/mol. The first-order chi connectivity index (χ1) is 20.4. The Bertz CT molecular complexity index is 1320. The number of rotatable bonds is 14. The Morgan fingerprint density at radius 2 is 1.88 bits per heavy atom. The zero-order valence-electron chi connectivity index (χ0n) is 24.4. The fourth-order valence-electron chi connectivity index (χ4n) is 4.79. The fraction of sp³-hybridized carbons (Fsp3) is 0.467. The molecule has 2 aromatic carbocycles. The Balaban J connectivity index is 1.48. The maximum atomic E-state index is 13.0. The van der Waals surface area contributed by atoms with Gasteiger partial charge in [0, 0.05) is 37.4 Å². The van der Waals surface area contributed by atoms with Crippen molar-refractivity contribution in [1.82, 2.24) is 15.1 Å². The molecule has 0 aliphatic carbocycles. The maximum Gasteiger partial charge on any atom is 0.405 e. The van der Waals surface area contributed by atoms with Crippen molar-refractivity contribution in [3.8, 4) is 6.07 Å². The Morgan fingerprint density at radius 3 is 2.56 bits per heavy atom. The van der Waals surface area contributed by atoms with Crippen molar-refractivity contribution in [3.63, 3.8) is 0 Å². The van der Waals surface area contributed by atoms with E-state index in [0.29, 0.717) is 31.7 Å². The molecule has 3 unspecified atom stereocenters. The lowest BCUT2D eigenvalue weighted by atomic mass is 10.1. The summed E-state index contributed by atoms with van der Waals surface area (Å²) in [7, 11) is 1.88. The van der Waals surface area contributed by atoms with Crippen LogP contribution in [-0.4, -0.2) is 77.5 Å². The van der Waals surface area contributed by atoms with E-state index in [2.05, 4.69) is 16.7 Å². The predicted octanol–water partition coefficient (Wildman–Crippen LogP) is 4.37. The lowest BCUT2D eigenvalue weighted by molar-refractivity contribution is -0.140. The number of alkyl halides is 3. The van der Waals surface area contributed by atoms with Crippen molar-refractivity contribution in [1.29, 1.82) is 5.26 Å². The van der Waals surface area contributed by atoms with Gasteiger partial charge in [-0.05, 0) is 51.1 Å². The average molecular weight is 619 g/mol. The monoisotopic (exact) mass is 618 g/mol. The molecule has 1 saturated heterocycles. The van der Waals surface area contributed by atoms with Crippen LogP contribution in [0.4, 0.5) is 24.5 Å². The highest BCUT2D eigenvalue weighted by Gasteiger charge is 2.41. The maximum absolute atomic E-state index is 13.0. The van der Waals surface area contributed by atoms with E-state index in [4.69, 9.17) is 0 Å². The number of carbonyl (C=O) groups excluding carboxylic acids is 3. The van der Waals surface area contributed by atoms with Crippen LogP contribution in [0.25, 0.3) is 0 Å². The topological polar surface area (TPSA) is 118 Å². The molecule has 3 rings (SSSR count). The smallest absolute Gasteiger partial charge is 0.385 e. The Morgan fingerprint density at radius 1 is 1.16 bits per heavy atom. The SMILES string of the molecule is CCN1C(=O)C(CCNc2cccc(NC(=O)CN(C)Cc3cccc(C)c3)c2)SC1CC(C#N)C(=O)NCC(F)(F)F. The molecule has 1 aliphatic heterocycles. The number of thioether (sulfide) groups is 1. The van der Waals surface area contributed by atoms with Gasteiger partial charge < -0.3 is 20.9 Å². The van der Waals surface area contributed by atoms with Crippen LogP contribution in [0.1, 0.15) is 30.9 Å². The highest BCUT2D eigenvalue weighted by atomic mass is 32.2. The molecular formula is C30H37F3N6O3S. The molecule has 1 heterocycles. The largest absolute Gasteiger partial charge is 0.405 e. The first kappa shape index (κ1) is 33.7. The third kappa shape index (κ3) is 10.8. The van der Waals surface area contributed by atoms with E-state index in [1.54, 1.807) is 35.3 Å². The van der Waals surface area contributed by atoms with Gasteiger partial charge in [0.25, 0.3) is 0 Å². The number of nitrogens with one attached hydrogen (secondary N) is 3. The number of benzene rings is 2. The van der Waals surface area contributed by atoms with Crippen molar-refractivity contribution < 1.29 is 27.6 Å². The molecule has 0 radical (unpaired) electrons. The number of hydrogen-bond acceptors (Lipinski definition) is 7. The first-order valence-corrected chi connectivity index (χ1v) is 14.9. The van der Waals surface area contributed by atoms with Crippen molar-refractivity contribution in [2.24, 2.45) is 5.92 Å². The highest BCUT2D eigenvalue weighted by molar-refractivity contribution is 8.01. The number of amides is 3. The standard InChI is InChI=1S/C30H37F3N6O3S/c1-4-39-27(14-22(16-34)28(41)36-19-30(31,32)33)43-25(29(39)42)11-12-35-23-9-6-10-24(15-23)37-26(40)18-38(3)17-21-8-5-7-20(2)13-21/h5-10,13,15,22,25,27,35H,4,11-12,14,17-19H2,1-3H3,(H,36,41)(H,37,40). The van der Waals surface area contributed by atoms with Gasteiger partial charge in [0.05, 0.1) is 23.2 Å². The molecule has 9 nitrogen and oxygen atoms in total. The molecule has 232 valence electrons. The van der Waals surface area contributed by atoms with E-state index in [-0.39, 0.29) is 24.8 Å². The Kier molecular flexibility index (Phi) is 12.3. The second-order valence-electron chi connectivity index (χ2n) is 10.5. The van der Waals surface area contributed by atoms with E-state index < -0.39 is 35.2 Å². The number of anilines is 2. The van der Waals surface area contributed by atoms with Crippen molar-refractivity contribution in [3.05, 3.63) is 59.7 Å². The van der Waals surface area contributed by atoms with Crippen molar-refractivity contribution in [2.45, 2.75) is 50.0 Å². The molecule has 3 atom stereocenters. The van der Waals surface area contributed by atoms with Crippen LogP contribution in [0.2, 0.25) is 0 Å². The van der Waals surface area contributed by atoms with E-state index in [1.165, 1.54) is 11.8 Å². The molecule has 43 heavy (non-hydrogen) atoms. The van der Waals surface area contributed by atoms with Crippen LogP contribution in [0.15, 0.2) is 48.5 Å². The first-order valence-electron chi connectivity index (χ1n) is 14.0. The van der Waals surface area contributed by atoms with Gasteiger partial charge in [0.15, 0.2) is 0 Å². The number of aryl methyl sites for hydroxylation is 1. The molecule has 2 aromatic rings. The number of likely N-dealkylation sites (N-methyl/N-ethyl adjacent to an activating group) is 1. The summed E-state index contributed by atoms with van der Waals surface area (Å²) in [5.74, 6) is -2.59. The van der Waals surface area contributed by atoms with Gasteiger partial charge in [-0.2, -0.15) is 18.4 Å². The lowest BCUT2D eigenvalue weighted by Crippen LogP contribution is -2.40. The third-order valence-electron chi connectivity index (χ3n) is 6.77. The van der Waals surface area contributed by atoms with Gasteiger partial charge in [-0.3, -0.25) is 19.3 Å². The highest BCUT2D eigenvalue weighted by Crippen LogP contribution is 2.37. The molecule has 3 amide bonds. The zero-order valence-corrected chi connectivity index (χ0v) is 25.2. The van der Waals surface area contributed by atoms with E-state index in [1.807, 2.05) is 49.2 Å². The van der Waals surface area contributed by atoms with E-state index in [0.717, 1.165) is 16.8 Å². The number of carbonyl (C=O) groups is 3. The molecule has 1 fully saturated rings. The molecule has 0 saturated carbocycles. The van der Waals surface area contributed by atoms with Crippen molar-refractivity contribution in [2.75, 3.05) is 43.9 Å². The zero-order chi connectivity index (χ0) is 31.6. The molecule has 0 aromatic heterocycles. The van der Waals surface area contributed by atoms with Gasteiger partial charge in [0.1, 0.15) is 12.5 Å². The van der Waals surface area contributed by atoms with Crippen molar-refractivity contribution >= 4 is 40.9 Å². The van der Waals surface area contributed by atoms with Crippen LogP contribution in [0, 0.1) is 24.2 Å². The molecule has 3 N–H and O–H groups in total. The summed E-state index contributed by atoms with van der Waals surface area (Å²) in [5, 5.41) is 16.4. The normalized spacial score (nSPS) is 17.4. The van der Waals surface area contributed by atoms with Gasteiger partial charge >= 0.3 is 6.18 Å². The summed E-state index contributed by atoms with van der Waals surface area (Å²) >= 11 is 1.31. The number of nitriles is 1. The molecule has 13 heteroatoms. The van der Waals surface area contributed by atoms with Crippen LogP contribution >= 0.6 is 11.8 Å². The minimum Gasteiger partial charge on any atom is -0.385 e. The minimum absolute atomic E-state index is 0.0592. The number of halogens is 3. The molecule has 0 bridgehead atoms. The number of nitrogens with zero attached hydrogens (tertiary/aromatic N) is 3. The quantitative estimate of drug-likeness (QED) is 0.288. The van der Waals surface area contributed by atoms with Crippen LogP contribution in [0.5, 0.6) is 0 Å². The second-order valence-corrected chi connectivity index (χ2v) is 11.8. The van der Waals surface area contributed by atoms with Crippen LogP contribution in [0.3, 0.4) is 0 Å². The van der Waals surface area contributed by atoms with Gasteiger partial charge in [0.2, 0.25) is 17.7 Å². The van der Waals surface area contributed by atoms with Crippen LogP contribution in [-0.2, 0) is 20.9 Å². The van der Waals surface area contributed by atoms with E-state index >= 15 is 0 Å². The third-order valence-corrected chi connectivity index (χ3v) is 8.30. The summed E-state index contributed by atoms with van der Waals surface area (Å²) in [4.78, 5) is 41.2. The second kappa shape index (κ2) is 15.6. The van der Waals surface area contributed by atoms with Gasteiger partial charge in [-0.25, -0.2) is 0 Å². The Hall–Kier alpha value is -3.76. The Labute approximate surface area is 254 Å². The van der Waals surface area contributed by atoms with E-state index in [9.17, 15) is 32.8 Å². The lowest BCUT2D eigenvalue weighted by Gasteiger charge is -2.23.